The number of benzene rings is 1. The van der Waals surface area contributed by atoms with E-state index in [0.717, 1.165) is 0 Å². The molecule has 9 heteroatoms. The molecule has 0 spiro atoms. The average Bonchev–Trinajstić information content (AvgIpc) is 2.96. The number of fused-ring (bicyclic) bond motifs is 1. The van der Waals surface area contributed by atoms with Gasteiger partial charge >= 0.3 is 11.3 Å². The van der Waals surface area contributed by atoms with Crippen molar-refractivity contribution in [2.24, 2.45) is 23.0 Å². The lowest BCUT2D eigenvalue weighted by Gasteiger charge is -2.32. The van der Waals surface area contributed by atoms with Gasteiger partial charge in [-0.25, -0.2) is 0 Å². The van der Waals surface area contributed by atoms with Gasteiger partial charge in [0, 0.05) is 13.0 Å². The fourth-order valence-electron chi connectivity index (χ4n) is 4.33. The highest BCUT2D eigenvalue weighted by Crippen LogP contribution is 2.64. The summed E-state index contributed by atoms with van der Waals surface area (Å²) in [4.78, 5) is 38.2. The van der Waals surface area contributed by atoms with Gasteiger partial charge < -0.3 is 16.0 Å². The molecule has 28 heavy (non-hydrogen) atoms. The van der Waals surface area contributed by atoms with Crippen LogP contribution in [-0.2, 0) is 20.8 Å². The van der Waals surface area contributed by atoms with Crippen molar-refractivity contribution in [3.05, 3.63) is 35.9 Å². The molecule has 1 aliphatic heterocycles. The van der Waals surface area contributed by atoms with Crippen molar-refractivity contribution in [2.45, 2.75) is 37.7 Å². The number of hydrogen-bond donors (Lipinski definition) is 2. The van der Waals surface area contributed by atoms with Crippen LogP contribution in [0, 0.1) is 17.3 Å². The minimum Gasteiger partial charge on any atom is -0.368 e. The quantitative estimate of drug-likeness (QED) is 0.692. The first-order valence-corrected chi connectivity index (χ1v) is 9.33. The number of piperidine rings is 1. The summed E-state index contributed by atoms with van der Waals surface area (Å²) >= 11 is 4.80. The number of nitrogens with one attached hydrogen (secondary N) is 1. The van der Waals surface area contributed by atoms with Crippen molar-refractivity contribution in [2.75, 3.05) is 6.54 Å². The first-order valence-electron chi connectivity index (χ1n) is 8.96. The molecule has 3 rings (SSSR count). The van der Waals surface area contributed by atoms with Crippen LogP contribution >= 0.6 is 11.6 Å². The minimum absolute atomic E-state index is 0.0148. The standard InChI is InChI=1S/C19H22ClF2N3O3/c1-18(2)11-9-25(14(13(11)18)15(23)26)16(27)12(24-17(28)19(20,21)22)8-10-6-4-3-5-7-10/h3-7,11-14H,8-9H2,1-2H3,(H2,23,26)(H,24,28)/t11?,12-,13?,14?/m0/s1. The second-order valence-electron chi connectivity index (χ2n) is 8.00. The number of nitrogens with two attached hydrogens (primary N) is 1. The molecule has 2 aliphatic rings. The summed E-state index contributed by atoms with van der Waals surface area (Å²) in [6.07, 6.45) is -0.0148. The second-order valence-corrected chi connectivity index (χ2v) is 8.48. The Labute approximate surface area is 166 Å². The molecule has 1 aromatic carbocycles. The summed E-state index contributed by atoms with van der Waals surface area (Å²) in [5.74, 6) is -2.99. The SMILES string of the molecule is CC1(C)C2CN(C(=O)[C@H](Cc3ccccc3)NC(=O)C(F)(F)Cl)C(C(N)=O)C21. The highest BCUT2D eigenvalue weighted by atomic mass is 35.5. The molecule has 0 bridgehead atoms. The third-order valence-corrected chi connectivity index (χ3v) is 6.10. The van der Waals surface area contributed by atoms with Crippen LogP contribution in [0.4, 0.5) is 8.78 Å². The monoisotopic (exact) mass is 413 g/mol. The van der Waals surface area contributed by atoms with Crippen molar-refractivity contribution >= 4 is 29.3 Å². The molecule has 0 radical (unpaired) electrons. The lowest BCUT2D eigenvalue weighted by molar-refractivity contribution is -0.145. The van der Waals surface area contributed by atoms with Crippen molar-refractivity contribution in [3.8, 4) is 0 Å². The lowest BCUT2D eigenvalue weighted by Crippen LogP contribution is -2.57. The normalized spacial score (nSPS) is 26.3. The van der Waals surface area contributed by atoms with Crippen LogP contribution in [0.1, 0.15) is 19.4 Å². The minimum atomic E-state index is -4.15. The van der Waals surface area contributed by atoms with Crippen molar-refractivity contribution < 1.29 is 23.2 Å². The maximum Gasteiger partial charge on any atom is 0.399 e. The zero-order chi connectivity index (χ0) is 20.9. The Kier molecular flexibility index (Phi) is 5.12. The molecule has 4 atom stereocenters. The van der Waals surface area contributed by atoms with Gasteiger partial charge in [-0.15, -0.1) is 0 Å². The molecular weight excluding hydrogens is 392 g/mol. The van der Waals surface area contributed by atoms with Gasteiger partial charge in [0.25, 0.3) is 0 Å². The van der Waals surface area contributed by atoms with Gasteiger partial charge in [-0.3, -0.25) is 14.4 Å². The molecule has 3 N–H and O–H groups in total. The first-order chi connectivity index (χ1) is 12.9. The van der Waals surface area contributed by atoms with E-state index < -0.39 is 35.2 Å². The van der Waals surface area contributed by atoms with E-state index in [9.17, 15) is 23.2 Å². The molecule has 3 amide bonds. The van der Waals surface area contributed by atoms with Crippen LogP contribution in [0.5, 0.6) is 0 Å². The fraction of sp³-hybridized carbons (Fsp3) is 0.526. The molecule has 3 unspecified atom stereocenters. The topological polar surface area (TPSA) is 92.5 Å². The van der Waals surface area contributed by atoms with Crippen molar-refractivity contribution in [1.29, 1.82) is 0 Å². The number of rotatable bonds is 6. The Morgan fingerprint density at radius 3 is 2.46 bits per heavy atom. The lowest BCUT2D eigenvalue weighted by atomic mass is 9.98. The van der Waals surface area contributed by atoms with Crippen molar-refractivity contribution in [1.82, 2.24) is 10.2 Å². The molecule has 1 saturated heterocycles. The van der Waals surface area contributed by atoms with E-state index in [2.05, 4.69) is 0 Å². The third-order valence-electron chi connectivity index (χ3n) is 5.93. The third kappa shape index (κ3) is 3.70. The molecule has 152 valence electrons. The van der Waals surface area contributed by atoms with Gasteiger partial charge in [0.2, 0.25) is 11.8 Å². The molecule has 2 fully saturated rings. The molecule has 1 heterocycles. The molecular formula is C19H22ClF2N3O3. The van der Waals surface area contributed by atoms with Crippen LogP contribution in [0.3, 0.4) is 0 Å². The summed E-state index contributed by atoms with van der Waals surface area (Å²) in [6, 6.07) is 6.54. The molecule has 1 aliphatic carbocycles. The number of carbonyl (C=O) groups is 3. The number of halogens is 3. The Bertz CT molecular complexity index is 797. The van der Waals surface area contributed by atoms with Gasteiger partial charge in [-0.2, -0.15) is 8.78 Å². The van der Waals surface area contributed by atoms with E-state index >= 15 is 0 Å². The molecule has 6 nitrogen and oxygen atoms in total. The summed E-state index contributed by atoms with van der Waals surface area (Å²) in [5.41, 5.74) is 6.08. The number of carbonyl (C=O) groups excluding carboxylic acids is 3. The van der Waals surface area contributed by atoms with Gasteiger partial charge in [-0.05, 0) is 34.4 Å². The Balaban J connectivity index is 1.84. The van der Waals surface area contributed by atoms with Crippen LogP contribution in [0.15, 0.2) is 30.3 Å². The fourth-order valence-corrected chi connectivity index (χ4v) is 4.38. The number of hydrogen-bond acceptors (Lipinski definition) is 3. The Morgan fingerprint density at radius 1 is 1.32 bits per heavy atom. The van der Waals surface area contributed by atoms with E-state index in [1.165, 1.54) is 4.90 Å². The summed E-state index contributed by atoms with van der Waals surface area (Å²) in [5, 5.41) is -2.12. The maximum atomic E-state index is 13.2. The predicted octanol–water partition coefficient (Wildman–Crippen LogP) is 1.51. The zero-order valence-electron chi connectivity index (χ0n) is 15.5. The van der Waals surface area contributed by atoms with Crippen LogP contribution in [0.25, 0.3) is 0 Å². The highest BCUT2D eigenvalue weighted by Gasteiger charge is 2.69. The Morgan fingerprint density at radius 2 is 1.93 bits per heavy atom. The highest BCUT2D eigenvalue weighted by molar-refractivity contribution is 6.32. The van der Waals surface area contributed by atoms with E-state index in [-0.39, 0.29) is 23.7 Å². The molecule has 1 saturated carbocycles. The van der Waals surface area contributed by atoms with Gasteiger partial charge in [0.05, 0.1) is 0 Å². The number of amides is 3. The number of alkyl halides is 3. The van der Waals surface area contributed by atoms with E-state index in [1.807, 2.05) is 19.2 Å². The van der Waals surface area contributed by atoms with E-state index in [0.29, 0.717) is 12.1 Å². The summed E-state index contributed by atoms with van der Waals surface area (Å²) in [7, 11) is 0. The summed E-state index contributed by atoms with van der Waals surface area (Å²) < 4.78 is 26.4. The van der Waals surface area contributed by atoms with Crippen LogP contribution < -0.4 is 11.1 Å². The van der Waals surface area contributed by atoms with Crippen molar-refractivity contribution in [3.63, 3.8) is 0 Å². The number of nitrogens with zero attached hydrogens (tertiary/aromatic N) is 1. The molecule has 1 aromatic rings. The average molecular weight is 414 g/mol. The van der Waals surface area contributed by atoms with Gasteiger partial charge in [0.15, 0.2) is 0 Å². The maximum absolute atomic E-state index is 13.2. The summed E-state index contributed by atoms with van der Waals surface area (Å²) in [6.45, 7) is 4.29. The zero-order valence-corrected chi connectivity index (χ0v) is 16.2. The van der Waals surface area contributed by atoms with Crippen LogP contribution in [0.2, 0.25) is 0 Å². The predicted molar refractivity (Wildman–Crippen MR) is 98.3 cm³/mol. The molecule has 0 aromatic heterocycles. The Hall–Kier alpha value is -2.22. The van der Waals surface area contributed by atoms with Gasteiger partial charge in [0.1, 0.15) is 12.1 Å². The smallest absolute Gasteiger partial charge is 0.368 e. The van der Waals surface area contributed by atoms with E-state index in [4.69, 9.17) is 17.3 Å². The number of likely N-dealkylation sites (tertiary alicyclic amines) is 1. The van der Waals surface area contributed by atoms with Gasteiger partial charge in [-0.1, -0.05) is 44.2 Å². The number of primary amides is 1. The van der Waals surface area contributed by atoms with Crippen LogP contribution in [-0.4, -0.2) is 46.6 Å². The first kappa shape index (κ1) is 20.5. The largest absolute Gasteiger partial charge is 0.399 e. The second kappa shape index (κ2) is 6.99. The van der Waals surface area contributed by atoms with E-state index in [1.54, 1.807) is 30.3 Å².